The van der Waals surface area contributed by atoms with Gasteiger partial charge in [0.2, 0.25) is 0 Å². The van der Waals surface area contributed by atoms with Crippen LogP contribution in [0.25, 0.3) is 0 Å². The molecule has 0 spiro atoms. The lowest BCUT2D eigenvalue weighted by molar-refractivity contribution is -0.00532. The number of methoxy groups -OCH3 is 1. The van der Waals surface area contributed by atoms with Crippen LogP contribution >= 0.6 is 0 Å². The first-order valence-corrected chi connectivity index (χ1v) is 6.15. The van der Waals surface area contributed by atoms with Gasteiger partial charge in [-0.15, -0.1) is 0 Å². The summed E-state index contributed by atoms with van der Waals surface area (Å²) < 4.78 is 11.2. The molecule has 17 heavy (non-hydrogen) atoms. The Bertz CT molecular complexity index is 382. The molecule has 1 heterocycles. The maximum absolute atomic E-state index is 5.75. The molecule has 0 aromatic heterocycles. The Balaban J connectivity index is 2.26. The predicted octanol–water partition coefficient (Wildman–Crippen LogP) is 2.62. The topological polar surface area (TPSA) is 21.7 Å². The van der Waals surface area contributed by atoms with E-state index in [0.29, 0.717) is 0 Å². The molecule has 0 bridgehead atoms. The summed E-state index contributed by atoms with van der Waals surface area (Å²) in [6.45, 7) is 8.15. The predicted molar refractivity (Wildman–Crippen MR) is 70.0 cm³/mol. The largest absolute Gasteiger partial charge is 0.495 e. The van der Waals surface area contributed by atoms with E-state index in [1.54, 1.807) is 7.11 Å². The van der Waals surface area contributed by atoms with Crippen molar-refractivity contribution >= 4 is 5.69 Å². The summed E-state index contributed by atoms with van der Waals surface area (Å²) in [6.07, 6.45) is 0.537. The molecule has 0 saturated carbocycles. The van der Waals surface area contributed by atoms with Gasteiger partial charge in [0, 0.05) is 13.1 Å². The van der Waals surface area contributed by atoms with Crippen LogP contribution in [0, 0.1) is 6.92 Å². The highest BCUT2D eigenvalue weighted by molar-refractivity contribution is 5.60. The third-order valence-electron chi connectivity index (χ3n) is 3.10. The van der Waals surface area contributed by atoms with Crippen LogP contribution in [-0.4, -0.2) is 32.4 Å². The smallest absolute Gasteiger partial charge is 0.142 e. The van der Waals surface area contributed by atoms with Gasteiger partial charge in [0.1, 0.15) is 5.75 Å². The van der Waals surface area contributed by atoms with Gasteiger partial charge in [0.15, 0.2) is 0 Å². The number of nitrogens with zero attached hydrogens (tertiary/aromatic N) is 1. The van der Waals surface area contributed by atoms with E-state index in [1.165, 1.54) is 11.3 Å². The Morgan fingerprint density at radius 2 is 1.88 bits per heavy atom. The summed E-state index contributed by atoms with van der Waals surface area (Å²) in [5.74, 6) is 0.950. The van der Waals surface area contributed by atoms with E-state index in [4.69, 9.17) is 9.47 Å². The summed E-state index contributed by atoms with van der Waals surface area (Å²) in [4.78, 5) is 2.34. The van der Waals surface area contributed by atoms with E-state index in [1.807, 2.05) is 0 Å². The molecule has 3 heteroatoms. The monoisotopic (exact) mass is 235 g/mol. The molecule has 2 rings (SSSR count). The molecule has 94 valence electrons. The molecule has 1 aromatic rings. The van der Waals surface area contributed by atoms with Gasteiger partial charge < -0.3 is 14.4 Å². The van der Waals surface area contributed by atoms with Crippen LogP contribution in [-0.2, 0) is 4.74 Å². The zero-order chi connectivity index (χ0) is 12.4. The van der Waals surface area contributed by atoms with Crippen molar-refractivity contribution in [3.63, 3.8) is 0 Å². The summed E-state index contributed by atoms with van der Waals surface area (Å²) in [5, 5.41) is 0. The van der Waals surface area contributed by atoms with Crippen molar-refractivity contribution in [2.45, 2.75) is 33.0 Å². The molecule has 1 aliphatic heterocycles. The molecule has 0 N–H and O–H groups in total. The van der Waals surface area contributed by atoms with Crippen molar-refractivity contribution < 1.29 is 9.47 Å². The van der Waals surface area contributed by atoms with Crippen LogP contribution in [0.5, 0.6) is 5.75 Å². The number of hydrogen-bond donors (Lipinski definition) is 0. The van der Waals surface area contributed by atoms with E-state index in [9.17, 15) is 0 Å². The Hall–Kier alpha value is -1.22. The van der Waals surface area contributed by atoms with Gasteiger partial charge >= 0.3 is 0 Å². The zero-order valence-corrected chi connectivity index (χ0v) is 11.1. The lowest BCUT2D eigenvalue weighted by atomic mass is 10.1. The molecular formula is C14H21NO2. The number of benzene rings is 1. The number of ether oxygens (including phenoxy) is 2. The van der Waals surface area contributed by atoms with Gasteiger partial charge in [-0.1, -0.05) is 6.07 Å². The highest BCUT2D eigenvalue weighted by Crippen LogP contribution is 2.31. The Morgan fingerprint density at radius 3 is 2.47 bits per heavy atom. The number of aryl methyl sites for hydroxylation is 1. The van der Waals surface area contributed by atoms with Crippen molar-refractivity contribution in [3.8, 4) is 5.75 Å². The summed E-state index contributed by atoms with van der Waals surface area (Å²) in [6, 6.07) is 6.35. The first kappa shape index (κ1) is 12.2. The molecule has 0 radical (unpaired) electrons. The van der Waals surface area contributed by atoms with Gasteiger partial charge in [-0.25, -0.2) is 0 Å². The second-order valence-electron chi connectivity index (χ2n) is 4.84. The van der Waals surface area contributed by atoms with Crippen LogP contribution in [0.1, 0.15) is 19.4 Å². The van der Waals surface area contributed by atoms with Gasteiger partial charge in [-0.3, -0.25) is 0 Å². The molecule has 1 saturated heterocycles. The number of anilines is 1. The molecule has 2 unspecified atom stereocenters. The lowest BCUT2D eigenvalue weighted by Crippen LogP contribution is -2.45. The highest BCUT2D eigenvalue weighted by atomic mass is 16.5. The van der Waals surface area contributed by atoms with Crippen LogP contribution in [0.3, 0.4) is 0 Å². The van der Waals surface area contributed by atoms with Crippen LogP contribution in [0.15, 0.2) is 18.2 Å². The second kappa shape index (κ2) is 4.96. The van der Waals surface area contributed by atoms with Crippen molar-refractivity contribution in [2.24, 2.45) is 0 Å². The molecule has 3 nitrogen and oxygen atoms in total. The summed E-state index contributed by atoms with van der Waals surface area (Å²) in [7, 11) is 1.73. The standard InChI is InChI=1S/C14H21NO2/c1-10-5-6-13(14(7-10)16-4)15-8-11(2)17-12(3)9-15/h5-7,11-12H,8-9H2,1-4H3. The first-order valence-electron chi connectivity index (χ1n) is 6.15. The second-order valence-corrected chi connectivity index (χ2v) is 4.84. The Labute approximate surface area is 103 Å². The third kappa shape index (κ3) is 2.72. The number of hydrogen-bond acceptors (Lipinski definition) is 3. The molecule has 2 atom stereocenters. The molecule has 0 aliphatic carbocycles. The summed E-state index contributed by atoms with van der Waals surface area (Å²) in [5.41, 5.74) is 2.39. The van der Waals surface area contributed by atoms with Crippen molar-refractivity contribution in [1.29, 1.82) is 0 Å². The van der Waals surface area contributed by atoms with Gasteiger partial charge in [0.25, 0.3) is 0 Å². The molecule has 1 fully saturated rings. The SMILES string of the molecule is COc1cc(C)ccc1N1CC(C)OC(C)C1. The van der Waals surface area contributed by atoms with E-state index >= 15 is 0 Å². The minimum absolute atomic E-state index is 0.268. The maximum Gasteiger partial charge on any atom is 0.142 e. The minimum atomic E-state index is 0.268. The zero-order valence-electron chi connectivity index (χ0n) is 11.1. The molecule has 0 amide bonds. The van der Waals surface area contributed by atoms with Gasteiger partial charge in [-0.2, -0.15) is 0 Å². The highest BCUT2D eigenvalue weighted by Gasteiger charge is 2.24. The molecule has 1 aromatic carbocycles. The quantitative estimate of drug-likeness (QED) is 0.786. The van der Waals surface area contributed by atoms with Crippen LogP contribution in [0.4, 0.5) is 5.69 Å². The van der Waals surface area contributed by atoms with Gasteiger partial charge in [0.05, 0.1) is 25.0 Å². The first-order chi connectivity index (χ1) is 8.10. The molecule has 1 aliphatic rings. The number of morpholine rings is 1. The fourth-order valence-corrected chi connectivity index (χ4v) is 2.42. The molecular weight excluding hydrogens is 214 g/mol. The van der Waals surface area contributed by atoms with E-state index in [-0.39, 0.29) is 12.2 Å². The van der Waals surface area contributed by atoms with E-state index in [2.05, 4.69) is 43.9 Å². The normalized spacial score (nSPS) is 24.8. The summed E-state index contributed by atoms with van der Waals surface area (Å²) >= 11 is 0. The Kier molecular flexibility index (Phi) is 3.57. The maximum atomic E-state index is 5.75. The fourth-order valence-electron chi connectivity index (χ4n) is 2.42. The fraction of sp³-hybridized carbons (Fsp3) is 0.571. The average Bonchev–Trinajstić information content (AvgIpc) is 2.27. The lowest BCUT2D eigenvalue weighted by Gasteiger charge is -2.37. The minimum Gasteiger partial charge on any atom is -0.495 e. The third-order valence-corrected chi connectivity index (χ3v) is 3.10. The van der Waals surface area contributed by atoms with Crippen molar-refractivity contribution in [2.75, 3.05) is 25.1 Å². The van der Waals surface area contributed by atoms with Gasteiger partial charge in [-0.05, 0) is 38.5 Å². The van der Waals surface area contributed by atoms with Crippen molar-refractivity contribution in [3.05, 3.63) is 23.8 Å². The van der Waals surface area contributed by atoms with E-state index in [0.717, 1.165) is 18.8 Å². The van der Waals surface area contributed by atoms with Crippen LogP contribution in [0.2, 0.25) is 0 Å². The van der Waals surface area contributed by atoms with Crippen LogP contribution < -0.4 is 9.64 Å². The van der Waals surface area contributed by atoms with E-state index < -0.39 is 0 Å². The van der Waals surface area contributed by atoms with Crippen molar-refractivity contribution in [1.82, 2.24) is 0 Å². The Morgan fingerprint density at radius 1 is 1.24 bits per heavy atom. The number of rotatable bonds is 2. The average molecular weight is 235 g/mol.